The second-order valence-electron chi connectivity index (χ2n) is 10.5. The number of urea groups is 1. The topological polar surface area (TPSA) is 118 Å². The minimum atomic E-state index is -5.03. The number of nitrogens with zero attached hydrogens (tertiary/aromatic N) is 3. The van der Waals surface area contributed by atoms with Gasteiger partial charge >= 0.3 is 12.4 Å². The number of carbonyl (C=O) groups is 3. The van der Waals surface area contributed by atoms with Crippen LogP contribution in [0.15, 0.2) is 42.7 Å². The van der Waals surface area contributed by atoms with Crippen LogP contribution in [0, 0.1) is 5.92 Å². The molecule has 1 atom stereocenters. The van der Waals surface area contributed by atoms with E-state index in [9.17, 15) is 27.6 Å². The number of alkyl halides is 3. The number of benzene rings is 1. The maximum absolute atomic E-state index is 13.4. The number of hydrogen-bond donors (Lipinski definition) is 2. The average Bonchev–Trinajstić information content (AvgIpc) is 3.04. The summed E-state index contributed by atoms with van der Waals surface area (Å²) in [6, 6.07) is 5.07. The number of ether oxygens (including phenoxy) is 1. The Morgan fingerprint density at radius 1 is 1.15 bits per heavy atom. The number of carbonyl (C=O) groups excluding carboxylic acids is 3. The fraction of sp³-hybridized carbons (Fsp3) is 0.481. The van der Waals surface area contributed by atoms with E-state index in [1.807, 2.05) is 0 Å². The maximum atomic E-state index is 13.4. The van der Waals surface area contributed by atoms with Crippen LogP contribution in [0.1, 0.15) is 57.9 Å². The lowest BCUT2D eigenvalue weighted by molar-refractivity contribution is -0.274. The third-order valence-electron chi connectivity index (χ3n) is 7.27. The van der Waals surface area contributed by atoms with Gasteiger partial charge < -0.3 is 20.7 Å². The molecule has 2 aromatic rings. The standard InChI is InChI=1S/C27H32F3N5O4/c1-26(2)24(37)35(25(38)34(26)16-18-10-12-32-13-11-18)19-8-9-22(39-27(28,29)30)21(15-19)33-23(36)20(31)14-17-6-4-3-5-7-17/h8-13,15,17,20H,3-7,14,16,31H2,1-2H3,(H,33,36)/t20-/m0/s1. The summed E-state index contributed by atoms with van der Waals surface area (Å²) in [4.78, 5) is 45.8. The zero-order valence-corrected chi connectivity index (χ0v) is 21.8. The van der Waals surface area contributed by atoms with Crippen molar-refractivity contribution in [2.75, 3.05) is 10.2 Å². The average molecular weight is 548 g/mol. The SMILES string of the molecule is CC1(C)C(=O)N(c2ccc(OC(F)(F)F)c(NC(=O)[C@@H](N)CC3CCCCC3)c2)C(=O)N1Cc1ccncc1. The van der Waals surface area contributed by atoms with Crippen molar-refractivity contribution in [2.45, 2.75) is 76.9 Å². The van der Waals surface area contributed by atoms with Crippen LogP contribution in [0.5, 0.6) is 5.75 Å². The molecule has 1 saturated carbocycles. The van der Waals surface area contributed by atoms with E-state index >= 15 is 0 Å². The second-order valence-corrected chi connectivity index (χ2v) is 10.5. The summed E-state index contributed by atoms with van der Waals surface area (Å²) in [5, 5.41) is 2.43. The lowest BCUT2D eigenvalue weighted by atomic mass is 9.85. The molecule has 1 aromatic heterocycles. The van der Waals surface area contributed by atoms with E-state index in [1.165, 1.54) is 11.0 Å². The highest BCUT2D eigenvalue weighted by atomic mass is 19.4. The number of aromatic nitrogens is 1. The number of nitrogens with two attached hydrogens (primary N) is 1. The molecule has 1 aliphatic heterocycles. The molecule has 12 heteroatoms. The molecular weight excluding hydrogens is 515 g/mol. The Morgan fingerprint density at radius 3 is 2.46 bits per heavy atom. The number of hydrogen-bond acceptors (Lipinski definition) is 6. The Bertz CT molecular complexity index is 1220. The van der Waals surface area contributed by atoms with E-state index in [4.69, 9.17) is 5.73 Å². The van der Waals surface area contributed by atoms with E-state index < -0.39 is 41.5 Å². The molecule has 4 rings (SSSR count). The Labute approximate surface area is 224 Å². The first-order chi connectivity index (χ1) is 18.4. The monoisotopic (exact) mass is 547 g/mol. The quantitative estimate of drug-likeness (QED) is 0.451. The molecule has 1 aromatic carbocycles. The zero-order chi connectivity index (χ0) is 28.4. The van der Waals surface area contributed by atoms with Crippen LogP contribution in [0.25, 0.3) is 0 Å². The van der Waals surface area contributed by atoms with Crippen LogP contribution in [0.3, 0.4) is 0 Å². The predicted octanol–water partition coefficient (Wildman–Crippen LogP) is 4.96. The number of pyridine rings is 1. The van der Waals surface area contributed by atoms with E-state index in [2.05, 4.69) is 15.0 Å². The van der Waals surface area contributed by atoms with Crippen LogP contribution in [-0.4, -0.2) is 45.7 Å². The van der Waals surface area contributed by atoms with Gasteiger partial charge in [0.15, 0.2) is 5.75 Å². The predicted molar refractivity (Wildman–Crippen MR) is 138 cm³/mol. The summed E-state index contributed by atoms with van der Waals surface area (Å²) in [7, 11) is 0. The summed E-state index contributed by atoms with van der Waals surface area (Å²) in [5.74, 6) is -1.66. The van der Waals surface area contributed by atoms with Crippen molar-refractivity contribution in [1.29, 1.82) is 0 Å². The molecule has 0 spiro atoms. The molecule has 2 aliphatic rings. The highest BCUT2D eigenvalue weighted by Gasteiger charge is 2.52. The third kappa shape index (κ3) is 6.49. The molecule has 1 aliphatic carbocycles. The van der Waals surface area contributed by atoms with Gasteiger partial charge in [-0.05, 0) is 62.1 Å². The number of amides is 4. The Balaban J connectivity index is 1.60. The number of imide groups is 1. The Morgan fingerprint density at radius 2 is 1.82 bits per heavy atom. The van der Waals surface area contributed by atoms with Crippen LogP contribution >= 0.6 is 0 Å². The second kappa shape index (κ2) is 11.2. The molecule has 39 heavy (non-hydrogen) atoms. The van der Waals surface area contributed by atoms with Gasteiger partial charge in [0.1, 0.15) is 5.54 Å². The highest BCUT2D eigenvalue weighted by Crippen LogP contribution is 2.38. The van der Waals surface area contributed by atoms with Crippen molar-refractivity contribution < 1.29 is 32.3 Å². The first-order valence-corrected chi connectivity index (χ1v) is 12.9. The van der Waals surface area contributed by atoms with E-state index in [0.29, 0.717) is 6.42 Å². The Kier molecular flexibility index (Phi) is 8.15. The summed E-state index contributed by atoms with van der Waals surface area (Å²) >= 11 is 0. The number of anilines is 2. The number of rotatable bonds is 8. The van der Waals surface area contributed by atoms with Crippen LogP contribution in [0.4, 0.5) is 29.3 Å². The first-order valence-electron chi connectivity index (χ1n) is 12.9. The molecule has 3 N–H and O–H groups in total. The van der Waals surface area contributed by atoms with Crippen LogP contribution in [-0.2, 0) is 16.1 Å². The van der Waals surface area contributed by atoms with Crippen LogP contribution in [0.2, 0.25) is 0 Å². The maximum Gasteiger partial charge on any atom is 0.573 e. The van der Waals surface area contributed by atoms with Gasteiger partial charge in [-0.1, -0.05) is 32.1 Å². The summed E-state index contributed by atoms with van der Waals surface area (Å²) in [6.45, 7) is 3.29. The van der Waals surface area contributed by atoms with Gasteiger partial charge in [0.05, 0.1) is 17.4 Å². The molecule has 9 nitrogen and oxygen atoms in total. The van der Waals surface area contributed by atoms with Gasteiger partial charge in [-0.25, -0.2) is 9.69 Å². The van der Waals surface area contributed by atoms with E-state index in [0.717, 1.165) is 54.7 Å². The van der Waals surface area contributed by atoms with Gasteiger partial charge in [-0.15, -0.1) is 13.2 Å². The van der Waals surface area contributed by atoms with Crippen molar-refractivity contribution in [3.63, 3.8) is 0 Å². The minimum absolute atomic E-state index is 0.0130. The molecule has 0 bridgehead atoms. The minimum Gasteiger partial charge on any atom is -0.404 e. The summed E-state index contributed by atoms with van der Waals surface area (Å²) in [5.41, 5.74) is 5.24. The smallest absolute Gasteiger partial charge is 0.404 e. The molecule has 1 saturated heterocycles. The fourth-order valence-electron chi connectivity index (χ4n) is 5.08. The lowest BCUT2D eigenvalue weighted by Crippen LogP contribution is -2.43. The number of nitrogens with one attached hydrogen (secondary N) is 1. The highest BCUT2D eigenvalue weighted by molar-refractivity contribution is 6.23. The number of halogens is 3. The van der Waals surface area contributed by atoms with Gasteiger partial charge in [0, 0.05) is 18.9 Å². The van der Waals surface area contributed by atoms with Gasteiger partial charge in [0.2, 0.25) is 5.91 Å². The molecular formula is C27H32F3N5O4. The zero-order valence-electron chi connectivity index (χ0n) is 21.8. The molecule has 0 radical (unpaired) electrons. The van der Waals surface area contributed by atoms with Gasteiger partial charge in [-0.3, -0.25) is 14.6 Å². The third-order valence-corrected chi connectivity index (χ3v) is 7.27. The normalized spacial score (nSPS) is 18.8. The van der Waals surface area contributed by atoms with Crippen molar-refractivity contribution in [3.8, 4) is 5.75 Å². The van der Waals surface area contributed by atoms with Gasteiger partial charge in [0.25, 0.3) is 5.91 Å². The van der Waals surface area contributed by atoms with E-state index in [1.54, 1.807) is 38.4 Å². The summed E-state index contributed by atoms with van der Waals surface area (Å²) in [6.07, 6.45) is 3.64. The summed E-state index contributed by atoms with van der Waals surface area (Å²) < 4.78 is 43.5. The van der Waals surface area contributed by atoms with E-state index in [-0.39, 0.29) is 23.8 Å². The van der Waals surface area contributed by atoms with Crippen molar-refractivity contribution in [1.82, 2.24) is 9.88 Å². The van der Waals surface area contributed by atoms with Crippen LogP contribution < -0.4 is 20.7 Å². The molecule has 2 heterocycles. The first kappa shape index (κ1) is 28.3. The van der Waals surface area contributed by atoms with Gasteiger partial charge in [-0.2, -0.15) is 0 Å². The van der Waals surface area contributed by atoms with Crippen molar-refractivity contribution in [2.24, 2.45) is 11.7 Å². The fourth-order valence-corrected chi connectivity index (χ4v) is 5.08. The molecule has 210 valence electrons. The van der Waals surface area contributed by atoms with Crippen molar-refractivity contribution in [3.05, 3.63) is 48.3 Å². The largest absolute Gasteiger partial charge is 0.573 e. The van der Waals surface area contributed by atoms with Crippen molar-refractivity contribution >= 4 is 29.2 Å². The lowest BCUT2D eigenvalue weighted by Gasteiger charge is -2.27. The molecule has 4 amide bonds. The molecule has 2 fully saturated rings. The Hall–Kier alpha value is -3.67. The molecule has 0 unspecified atom stereocenters.